The summed E-state index contributed by atoms with van der Waals surface area (Å²) in [6.07, 6.45) is 1.32. The van der Waals surface area contributed by atoms with Crippen LogP contribution in [0.1, 0.15) is 51.0 Å². The lowest BCUT2D eigenvalue weighted by Gasteiger charge is -2.52. The van der Waals surface area contributed by atoms with Crippen molar-refractivity contribution < 1.29 is 9.47 Å². The third kappa shape index (κ3) is 2.44. The number of nitrogens with zero attached hydrogens (tertiary/aromatic N) is 1. The van der Waals surface area contributed by atoms with Crippen LogP contribution >= 0.6 is 23.2 Å². The first-order valence-electron chi connectivity index (χ1n) is 8.72. The normalized spacial score (nSPS) is 23.3. The summed E-state index contributed by atoms with van der Waals surface area (Å²) < 4.78 is 12.9. The van der Waals surface area contributed by atoms with Crippen LogP contribution in [0.4, 0.5) is 5.69 Å². The lowest BCUT2D eigenvalue weighted by Crippen LogP contribution is -2.52. The zero-order chi connectivity index (χ0) is 17.8. The minimum absolute atomic E-state index is 0.191. The quantitative estimate of drug-likeness (QED) is 0.614. The van der Waals surface area contributed by atoms with Crippen molar-refractivity contribution in [3.8, 4) is 5.75 Å². The maximum Gasteiger partial charge on any atom is 0.171 e. The van der Waals surface area contributed by atoms with E-state index in [1.54, 1.807) is 6.07 Å². The standard InChI is InChI=1S/C20H21Cl2NO2/c1-4-20(5-2)15-8-6-7-9-17(15)23-12(3)24-18-14(19(23)25-20)10-13(21)11-16(18)22/h6-12,19H,4-5H2,1-3H3/t12-,19+/m0/s1. The van der Waals surface area contributed by atoms with E-state index in [-0.39, 0.29) is 18.1 Å². The van der Waals surface area contributed by atoms with Crippen LogP contribution in [0.15, 0.2) is 36.4 Å². The molecule has 132 valence electrons. The summed E-state index contributed by atoms with van der Waals surface area (Å²) in [5, 5.41) is 1.11. The maximum atomic E-state index is 6.74. The minimum atomic E-state index is -0.332. The van der Waals surface area contributed by atoms with Crippen LogP contribution in [-0.2, 0) is 10.3 Å². The molecule has 0 unspecified atom stereocenters. The van der Waals surface area contributed by atoms with Crippen LogP contribution in [-0.4, -0.2) is 6.23 Å². The number of anilines is 1. The summed E-state index contributed by atoms with van der Waals surface area (Å²) in [5.41, 5.74) is 2.91. The van der Waals surface area contributed by atoms with Crippen molar-refractivity contribution in [2.75, 3.05) is 4.90 Å². The Labute approximate surface area is 158 Å². The fraction of sp³-hybridized carbons (Fsp3) is 0.400. The second-order valence-electron chi connectivity index (χ2n) is 6.62. The number of halogens is 2. The minimum Gasteiger partial charge on any atom is -0.469 e. The summed E-state index contributed by atoms with van der Waals surface area (Å²) in [7, 11) is 0. The van der Waals surface area contributed by atoms with Crippen LogP contribution in [0.25, 0.3) is 0 Å². The molecule has 0 aliphatic carbocycles. The van der Waals surface area contributed by atoms with Crippen LogP contribution in [0.3, 0.4) is 0 Å². The first kappa shape index (κ1) is 17.0. The fourth-order valence-corrected chi connectivity index (χ4v) is 4.61. The van der Waals surface area contributed by atoms with Gasteiger partial charge in [0.1, 0.15) is 5.75 Å². The Bertz CT molecular complexity index is 819. The molecule has 2 atom stereocenters. The predicted molar refractivity (Wildman–Crippen MR) is 102 cm³/mol. The van der Waals surface area contributed by atoms with Crippen LogP contribution in [0, 0.1) is 0 Å². The summed E-state index contributed by atoms with van der Waals surface area (Å²) in [5.74, 6) is 0.667. The van der Waals surface area contributed by atoms with Crippen molar-refractivity contribution in [2.24, 2.45) is 0 Å². The van der Waals surface area contributed by atoms with Gasteiger partial charge in [-0.15, -0.1) is 0 Å². The molecule has 0 aromatic heterocycles. The zero-order valence-corrected chi connectivity index (χ0v) is 16.1. The smallest absolute Gasteiger partial charge is 0.171 e. The third-order valence-electron chi connectivity index (χ3n) is 5.39. The Morgan fingerprint density at radius 3 is 2.56 bits per heavy atom. The highest BCUT2D eigenvalue weighted by molar-refractivity contribution is 6.35. The van der Waals surface area contributed by atoms with Gasteiger partial charge in [-0.25, -0.2) is 0 Å². The van der Waals surface area contributed by atoms with E-state index in [2.05, 4.69) is 43.0 Å². The number of hydrogen-bond donors (Lipinski definition) is 0. The molecule has 0 bridgehead atoms. The maximum absolute atomic E-state index is 6.74. The molecule has 3 nitrogen and oxygen atoms in total. The second-order valence-corrected chi connectivity index (χ2v) is 7.46. The Hall–Kier alpha value is -1.42. The molecule has 2 aromatic rings. The molecule has 5 heteroatoms. The molecule has 0 fully saturated rings. The summed E-state index contributed by atoms with van der Waals surface area (Å²) in [6.45, 7) is 6.36. The predicted octanol–water partition coefficient (Wildman–Crippen LogP) is 6.28. The van der Waals surface area contributed by atoms with E-state index in [4.69, 9.17) is 32.7 Å². The number of ether oxygens (including phenoxy) is 2. The van der Waals surface area contributed by atoms with E-state index in [0.717, 1.165) is 24.1 Å². The summed E-state index contributed by atoms with van der Waals surface area (Å²) in [6, 6.07) is 12.0. The first-order valence-corrected chi connectivity index (χ1v) is 9.47. The highest BCUT2D eigenvalue weighted by Crippen LogP contribution is 2.54. The molecule has 2 aliphatic rings. The zero-order valence-electron chi connectivity index (χ0n) is 14.6. The van der Waals surface area contributed by atoms with E-state index in [0.29, 0.717) is 15.8 Å². The molecule has 0 saturated carbocycles. The average Bonchev–Trinajstić information content (AvgIpc) is 2.61. The number of rotatable bonds is 2. The van der Waals surface area contributed by atoms with Gasteiger partial charge in [0.05, 0.1) is 10.6 Å². The van der Waals surface area contributed by atoms with Gasteiger partial charge < -0.3 is 14.4 Å². The van der Waals surface area contributed by atoms with E-state index in [1.807, 2.05) is 13.0 Å². The molecular weight excluding hydrogens is 357 g/mol. The largest absolute Gasteiger partial charge is 0.469 e. The lowest BCUT2D eigenvalue weighted by atomic mass is 9.84. The topological polar surface area (TPSA) is 21.7 Å². The molecule has 2 aliphatic heterocycles. The van der Waals surface area contributed by atoms with Gasteiger partial charge in [-0.2, -0.15) is 0 Å². The molecule has 2 aromatic carbocycles. The van der Waals surface area contributed by atoms with Crippen LogP contribution in [0.5, 0.6) is 5.75 Å². The van der Waals surface area contributed by atoms with E-state index in [1.165, 1.54) is 5.56 Å². The van der Waals surface area contributed by atoms with Crippen molar-refractivity contribution in [3.05, 3.63) is 57.6 Å². The first-order chi connectivity index (χ1) is 12.0. The van der Waals surface area contributed by atoms with Crippen molar-refractivity contribution in [2.45, 2.75) is 51.7 Å². The molecule has 25 heavy (non-hydrogen) atoms. The van der Waals surface area contributed by atoms with Gasteiger partial charge in [0.15, 0.2) is 12.5 Å². The van der Waals surface area contributed by atoms with Gasteiger partial charge in [-0.1, -0.05) is 55.2 Å². The number of para-hydroxylation sites is 1. The Kier molecular flexibility index (Phi) is 4.14. The lowest BCUT2D eigenvalue weighted by molar-refractivity contribution is -0.132. The van der Waals surface area contributed by atoms with Gasteiger partial charge in [-0.3, -0.25) is 0 Å². The SMILES string of the molecule is CCC1(CC)O[C@@H]2c3cc(Cl)cc(Cl)c3O[C@@H](C)N2c2ccccc21. The highest BCUT2D eigenvalue weighted by atomic mass is 35.5. The van der Waals surface area contributed by atoms with Gasteiger partial charge in [0.25, 0.3) is 0 Å². The molecule has 0 N–H and O–H groups in total. The Morgan fingerprint density at radius 2 is 1.84 bits per heavy atom. The van der Waals surface area contributed by atoms with Gasteiger partial charge in [0, 0.05) is 21.8 Å². The molecular formula is C20H21Cl2NO2. The highest BCUT2D eigenvalue weighted by Gasteiger charge is 2.47. The van der Waals surface area contributed by atoms with Crippen molar-refractivity contribution >= 4 is 28.9 Å². The molecule has 0 radical (unpaired) electrons. The Morgan fingerprint density at radius 1 is 1.12 bits per heavy atom. The molecule has 0 amide bonds. The van der Waals surface area contributed by atoms with Crippen LogP contribution < -0.4 is 9.64 Å². The van der Waals surface area contributed by atoms with Gasteiger partial charge in [-0.05, 0) is 38.0 Å². The van der Waals surface area contributed by atoms with Crippen LogP contribution in [0.2, 0.25) is 10.0 Å². The van der Waals surface area contributed by atoms with Crippen molar-refractivity contribution in [1.82, 2.24) is 0 Å². The van der Waals surface area contributed by atoms with Crippen molar-refractivity contribution in [3.63, 3.8) is 0 Å². The number of hydrogen-bond acceptors (Lipinski definition) is 3. The average molecular weight is 378 g/mol. The summed E-state index contributed by atoms with van der Waals surface area (Å²) in [4.78, 5) is 2.17. The van der Waals surface area contributed by atoms with Gasteiger partial charge >= 0.3 is 0 Å². The van der Waals surface area contributed by atoms with E-state index >= 15 is 0 Å². The third-order valence-corrected chi connectivity index (χ3v) is 5.89. The number of fused-ring (bicyclic) bond motifs is 5. The Balaban J connectivity index is 1.96. The summed E-state index contributed by atoms with van der Waals surface area (Å²) >= 11 is 12.7. The molecule has 2 heterocycles. The monoisotopic (exact) mass is 377 g/mol. The fourth-order valence-electron chi connectivity index (χ4n) is 4.06. The van der Waals surface area contributed by atoms with Crippen molar-refractivity contribution in [1.29, 1.82) is 0 Å². The molecule has 0 saturated heterocycles. The van der Waals surface area contributed by atoms with E-state index < -0.39 is 0 Å². The van der Waals surface area contributed by atoms with Gasteiger partial charge in [0.2, 0.25) is 0 Å². The van der Waals surface area contributed by atoms with E-state index in [9.17, 15) is 0 Å². The molecule has 0 spiro atoms. The second kappa shape index (κ2) is 6.08. The molecule has 4 rings (SSSR count). The number of benzene rings is 2.